The summed E-state index contributed by atoms with van der Waals surface area (Å²) < 4.78 is 23.2. The van der Waals surface area contributed by atoms with Gasteiger partial charge in [-0.25, -0.2) is 9.18 Å². The highest BCUT2D eigenvalue weighted by molar-refractivity contribution is 14.1. The van der Waals surface area contributed by atoms with Crippen LogP contribution >= 0.6 is 38.5 Å². The molecule has 0 amide bonds. The number of aromatic nitrogens is 2. The number of ether oxygens (including phenoxy) is 1. The number of carbonyl (C=O) groups is 1. The van der Waals surface area contributed by atoms with Crippen molar-refractivity contribution in [1.82, 2.24) is 9.55 Å². The molecule has 0 aliphatic rings. The predicted octanol–water partition coefficient (Wildman–Crippen LogP) is 5.55. The van der Waals surface area contributed by atoms with Crippen molar-refractivity contribution in [3.63, 3.8) is 0 Å². The molecule has 0 spiro atoms. The Morgan fingerprint density at radius 2 is 2.04 bits per heavy atom. The lowest BCUT2D eigenvalue weighted by Gasteiger charge is -2.20. The lowest BCUT2D eigenvalue weighted by atomic mass is 10.2. The van der Waals surface area contributed by atoms with Crippen molar-refractivity contribution in [3.8, 4) is 0 Å². The molecule has 0 aliphatic heterocycles. The summed E-state index contributed by atoms with van der Waals surface area (Å²) in [5, 5.41) is 0.826. The smallest absolute Gasteiger partial charge is 0.355 e. The average Bonchev–Trinajstić information content (AvgIpc) is 2.89. The summed E-state index contributed by atoms with van der Waals surface area (Å²) in [4.78, 5) is 16.9. The molecule has 3 aromatic rings. The predicted molar refractivity (Wildman–Crippen MR) is 111 cm³/mol. The van der Waals surface area contributed by atoms with E-state index in [1.165, 1.54) is 6.07 Å². The van der Waals surface area contributed by atoms with Crippen LogP contribution in [0.15, 0.2) is 41.1 Å². The zero-order valence-electron chi connectivity index (χ0n) is 14.5. The Bertz CT molecular complexity index is 995. The van der Waals surface area contributed by atoms with Gasteiger partial charge in [-0.1, -0.05) is 6.07 Å². The number of esters is 1. The van der Waals surface area contributed by atoms with Gasteiger partial charge in [-0.15, -0.1) is 0 Å². The van der Waals surface area contributed by atoms with E-state index >= 15 is 0 Å². The van der Waals surface area contributed by atoms with Crippen LogP contribution in [0.2, 0.25) is 0 Å². The number of hydrogen-bond donors (Lipinski definition) is 0. The number of fused-ring (bicyclic) bond motifs is 1. The van der Waals surface area contributed by atoms with Crippen LogP contribution in [0.4, 0.5) is 4.39 Å². The van der Waals surface area contributed by atoms with Crippen molar-refractivity contribution >= 4 is 55.4 Å². The van der Waals surface area contributed by atoms with Gasteiger partial charge in [0.05, 0.1) is 18.3 Å². The molecule has 0 aliphatic carbocycles. The second kappa shape index (κ2) is 7.26. The van der Waals surface area contributed by atoms with Crippen LogP contribution in [0, 0.1) is 9.39 Å². The summed E-state index contributed by atoms with van der Waals surface area (Å²) in [5.41, 5.74) is 0.967. The minimum atomic E-state index is -0.623. The Balaban J connectivity index is 2.13. The fraction of sp³-hybridized carbons (Fsp3) is 0.263. The lowest BCUT2D eigenvalue weighted by Crippen LogP contribution is -2.25. The van der Waals surface area contributed by atoms with Crippen LogP contribution in [-0.2, 0) is 11.3 Å². The Morgan fingerprint density at radius 3 is 2.69 bits per heavy atom. The molecular weight excluding hydrogens is 514 g/mol. The molecular formula is C19H17BrFIN2O2. The van der Waals surface area contributed by atoms with E-state index < -0.39 is 11.6 Å². The van der Waals surface area contributed by atoms with Crippen molar-refractivity contribution < 1.29 is 13.9 Å². The number of halogens is 3. The standard InChI is InChI=1S/C19H17BrFIN2O2/c1-19(2,3)26-18(25)16-7-13-14(20)8-23-9-17(13)24(16)10-11-4-5-12(22)6-15(11)21/h4-9H,10H2,1-3H3. The minimum absolute atomic E-state index is 0.207. The van der Waals surface area contributed by atoms with E-state index in [1.807, 2.05) is 26.8 Å². The largest absolute Gasteiger partial charge is 0.455 e. The summed E-state index contributed by atoms with van der Waals surface area (Å²) >= 11 is 5.53. The first-order valence-electron chi connectivity index (χ1n) is 7.96. The SMILES string of the molecule is CC(C)(C)OC(=O)c1cc2c(Br)cncc2n1Cc1ccc(I)cc1F. The number of carbonyl (C=O) groups excluding carboxylic acids is 1. The van der Waals surface area contributed by atoms with Gasteiger partial charge in [0.2, 0.25) is 0 Å². The van der Waals surface area contributed by atoms with Gasteiger partial charge >= 0.3 is 5.97 Å². The van der Waals surface area contributed by atoms with Gasteiger partial charge in [0.25, 0.3) is 0 Å². The van der Waals surface area contributed by atoms with E-state index in [4.69, 9.17) is 4.74 Å². The third-order valence-corrected chi connectivity index (χ3v) is 5.04. The molecule has 0 unspecified atom stereocenters. The van der Waals surface area contributed by atoms with Crippen LogP contribution in [0.3, 0.4) is 0 Å². The fourth-order valence-electron chi connectivity index (χ4n) is 2.63. The van der Waals surface area contributed by atoms with Crippen molar-refractivity contribution in [3.05, 3.63) is 61.8 Å². The zero-order valence-corrected chi connectivity index (χ0v) is 18.3. The zero-order chi connectivity index (χ0) is 19.1. The maximum absolute atomic E-state index is 14.4. The van der Waals surface area contributed by atoms with Crippen LogP contribution < -0.4 is 0 Å². The third kappa shape index (κ3) is 4.09. The highest BCUT2D eigenvalue weighted by atomic mass is 127. The molecule has 0 radical (unpaired) electrons. The quantitative estimate of drug-likeness (QED) is 0.329. The molecule has 0 atom stereocenters. The maximum Gasteiger partial charge on any atom is 0.355 e. The van der Waals surface area contributed by atoms with Crippen LogP contribution in [-0.4, -0.2) is 21.1 Å². The van der Waals surface area contributed by atoms with E-state index in [1.54, 1.807) is 29.1 Å². The summed E-state index contributed by atoms with van der Waals surface area (Å²) in [6.45, 7) is 5.65. The van der Waals surface area contributed by atoms with Gasteiger partial charge in [0.1, 0.15) is 17.1 Å². The molecule has 2 heterocycles. The Kier molecular flexibility index (Phi) is 5.39. The van der Waals surface area contributed by atoms with E-state index in [2.05, 4.69) is 43.5 Å². The molecule has 26 heavy (non-hydrogen) atoms. The number of nitrogens with zero attached hydrogens (tertiary/aromatic N) is 2. The molecule has 0 saturated heterocycles. The molecule has 0 saturated carbocycles. The van der Waals surface area contributed by atoms with Gasteiger partial charge in [-0.05, 0) is 77.5 Å². The van der Waals surface area contributed by atoms with Crippen molar-refractivity contribution in [2.75, 3.05) is 0 Å². The van der Waals surface area contributed by atoms with Gasteiger partial charge < -0.3 is 9.30 Å². The topological polar surface area (TPSA) is 44.1 Å². The number of benzene rings is 1. The molecule has 2 aromatic heterocycles. The Labute approximate surface area is 173 Å². The first-order valence-corrected chi connectivity index (χ1v) is 9.83. The monoisotopic (exact) mass is 530 g/mol. The summed E-state index contributed by atoms with van der Waals surface area (Å²) in [5.74, 6) is -0.761. The number of rotatable bonds is 3. The number of hydrogen-bond acceptors (Lipinski definition) is 3. The highest BCUT2D eigenvalue weighted by Crippen LogP contribution is 2.29. The van der Waals surface area contributed by atoms with Crippen LogP contribution in [0.1, 0.15) is 36.8 Å². The Morgan fingerprint density at radius 1 is 1.31 bits per heavy atom. The van der Waals surface area contributed by atoms with E-state index in [0.29, 0.717) is 11.3 Å². The van der Waals surface area contributed by atoms with Gasteiger partial charge in [0, 0.05) is 25.2 Å². The van der Waals surface area contributed by atoms with Crippen molar-refractivity contribution in [1.29, 1.82) is 0 Å². The first-order chi connectivity index (χ1) is 12.2. The fourth-order valence-corrected chi connectivity index (χ4v) is 3.52. The number of pyridine rings is 1. The molecule has 3 rings (SSSR count). The normalized spacial score (nSPS) is 11.8. The molecule has 7 heteroatoms. The summed E-state index contributed by atoms with van der Waals surface area (Å²) in [6, 6.07) is 6.79. The van der Waals surface area contributed by atoms with Crippen LogP contribution in [0.25, 0.3) is 10.9 Å². The highest BCUT2D eigenvalue weighted by Gasteiger charge is 2.24. The van der Waals surface area contributed by atoms with Gasteiger partial charge in [-0.3, -0.25) is 4.98 Å². The second-order valence-electron chi connectivity index (χ2n) is 6.91. The van der Waals surface area contributed by atoms with Gasteiger partial charge in [-0.2, -0.15) is 0 Å². The molecule has 0 N–H and O–H groups in total. The third-order valence-electron chi connectivity index (χ3n) is 3.73. The molecule has 136 valence electrons. The molecule has 4 nitrogen and oxygen atoms in total. The minimum Gasteiger partial charge on any atom is -0.455 e. The Hall–Kier alpha value is -1.48. The van der Waals surface area contributed by atoms with E-state index in [0.717, 1.165) is 18.9 Å². The van der Waals surface area contributed by atoms with E-state index in [9.17, 15) is 9.18 Å². The second-order valence-corrected chi connectivity index (χ2v) is 9.01. The summed E-state index contributed by atoms with van der Waals surface area (Å²) in [6.07, 6.45) is 3.33. The summed E-state index contributed by atoms with van der Waals surface area (Å²) in [7, 11) is 0. The van der Waals surface area contributed by atoms with E-state index in [-0.39, 0.29) is 12.4 Å². The van der Waals surface area contributed by atoms with Crippen LogP contribution in [0.5, 0.6) is 0 Å². The maximum atomic E-state index is 14.4. The first kappa shape index (κ1) is 19.3. The van der Waals surface area contributed by atoms with Gasteiger partial charge in [0.15, 0.2) is 0 Å². The van der Waals surface area contributed by atoms with Crippen molar-refractivity contribution in [2.45, 2.75) is 32.9 Å². The molecule has 0 fully saturated rings. The van der Waals surface area contributed by atoms with Crippen molar-refractivity contribution in [2.24, 2.45) is 0 Å². The average molecular weight is 531 g/mol. The lowest BCUT2D eigenvalue weighted by molar-refractivity contribution is 0.00587. The molecule has 0 bridgehead atoms. The molecule has 1 aromatic carbocycles.